The van der Waals surface area contributed by atoms with Crippen LogP contribution in [0.1, 0.15) is 62.8 Å². The summed E-state index contributed by atoms with van der Waals surface area (Å²) in [5.41, 5.74) is 17.1. The molecule has 15 nitrogen and oxygen atoms in total. The van der Waals surface area contributed by atoms with E-state index >= 15 is 0 Å². The minimum absolute atomic E-state index is 0.0782. The molecule has 5 amide bonds. The first-order valence-corrected chi connectivity index (χ1v) is 23.4. The molecule has 2 heterocycles. The number of nitrogens with one attached hydrogen (secondary N) is 7. The predicted octanol–water partition coefficient (Wildman–Crippen LogP) is 4.73. The molecule has 0 bridgehead atoms. The van der Waals surface area contributed by atoms with Crippen LogP contribution in [0.25, 0.3) is 21.8 Å². The summed E-state index contributed by atoms with van der Waals surface area (Å²) in [6, 6.07) is 26.4. The topological polar surface area (TPSA) is 238 Å². The fourth-order valence-corrected chi connectivity index (χ4v) is 8.57. The summed E-state index contributed by atoms with van der Waals surface area (Å²) < 4.78 is 5.28. The van der Waals surface area contributed by atoms with Crippen LogP contribution in [0.3, 0.4) is 0 Å². The van der Waals surface area contributed by atoms with Crippen molar-refractivity contribution in [3.8, 4) is 5.75 Å². The lowest BCUT2D eigenvalue weighted by molar-refractivity contribution is -0.134. The van der Waals surface area contributed by atoms with Crippen LogP contribution in [0.2, 0.25) is 0 Å². The number of nitrogens with two attached hydrogens (primary N) is 2. The highest BCUT2D eigenvalue weighted by Gasteiger charge is 2.33. The van der Waals surface area contributed by atoms with E-state index in [-0.39, 0.29) is 44.1 Å². The largest absolute Gasteiger partial charge is 0.497 e. The number of H-pyrrole nitrogens is 2. The lowest BCUT2D eigenvalue weighted by Crippen LogP contribution is -2.60. The van der Waals surface area contributed by atoms with Crippen molar-refractivity contribution in [3.63, 3.8) is 0 Å². The smallest absolute Gasteiger partial charge is 0.243 e. The van der Waals surface area contributed by atoms with E-state index in [9.17, 15) is 24.0 Å². The maximum Gasteiger partial charge on any atom is 0.243 e. The second-order valence-corrected chi connectivity index (χ2v) is 18.5. The Kier molecular flexibility index (Phi) is 17.9. The van der Waals surface area contributed by atoms with E-state index in [4.69, 9.17) is 16.2 Å². The van der Waals surface area contributed by atoms with Gasteiger partial charge in [0.05, 0.1) is 19.2 Å². The van der Waals surface area contributed by atoms with Crippen molar-refractivity contribution in [2.45, 2.75) is 102 Å². The molecule has 11 N–H and O–H groups in total. The van der Waals surface area contributed by atoms with Gasteiger partial charge in [-0.3, -0.25) is 24.0 Å². The lowest BCUT2D eigenvalue weighted by Gasteiger charge is -2.28. The van der Waals surface area contributed by atoms with Gasteiger partial charge in [-0.15, -0.1) is 0 Å². The zero-order chi connectivity index (χ0) is 48.7. The van der Waals surface area contributed by atoms with Gasteiger partial charge in [0.2, 0.25) is 29.5 Å². The zero-order valence-corrected chi connectivity index (χ0v) is 39.6. The van der Waals surface area contributed by atoms with Crippen LogP contribution in [0, 0.1) is 11.8 Å². The minimum Gasteiger partial charge on any atom is -0.497 e. The first-order valence-electron chi connectivity index (χ1n) is 23.4. The number of aromatic nitrogens is 2. The number of carbonyl (C=O) groups is 5. The van der Waals surface area contributed by atoms with Crippen LogP contribution < -0.4 is 42.8 Å². The van der Waals surface area contributed by atoms with Gasteiger partial charge in [-0.25, -0.2) is 0 Å². The number of primary amides is 1. The number of fused-ring (bicyclic) bond motifs is 2. The number of rotatable bonds is 25. The van der Waals surface area contributed by atoms with E-state index < -0.39 is 65.8 Å². The van der Waals surface area contributed by atoms with Crippen LogP contribution >= 0.6 is 0 Å². The van der Waals surface area contributed by atoms with Crippen LogP contribution in [-0.4, -0.2) is 89.4 Å². The molecule has 0 aliphatic rings. The maximum absolute atomic E-state index is 14.8. The molecule has 0 spiro atoms. The normalized spacial score (nSPS) is 14.2. The summed E-state index contributed by atoms with van der Waals surface area (Å²) in [4.78, 5) is 76.9. The summed E-state index contributed by atoms with van der Waals surface area (Å²) >= 11 is 0. The minimum atomic E-state index is -1.18. The van der Waals surface area contributed by atoms with E-state index in [2.05, 4.69) is 36.6 Å². The summed E-state index contributed by atoms with van der Waals surface area (Å²) in [7, 11) is 1.57. The monoisotopic (exact) mass is 926 g/mol. The highest BCUT2D eigenvalue weighted by Crippen LogP contribution is 2.22. The SMILES string of the molecule is COc1ccc(C[C@@H](N)C(=O)N[C@H](Cc2c[nH]c3ccccc23)C(=O)N[C@@H](Cc2ccccc2)C(=O)N[C@H](Cc2c[nH]c3ccccc23)C(=O)N[C@H](CN[C@@H](CC(C)C)C(N)=O)CC(C)C)cc1. The molecule has 2 aromatic heterocycles. The number of amides is 5. The standard InChI is InChI=1S/C53H67N9O6/c1-32(2)23-38(31-58-45(49(55)63)24-33(3)4)59-51(65)47(27-36-29-56-43-17-11-9-15-40(36)43)62-52(66)46(26-34-13-7-6-8-14-34)61-53(67)48(28-37-30-57-44-18-12-10-16-41(37)44)60-50(64)42(54)25-35-19-21-39(68-5)22-20-35/h6-22,29-30,32-33,38,42,45-48,56-58H,23-28,31,54H2,1-5H3,(H2,55,63)(H,59,65)(H,60,64)(H,61,67)(H,62,66)/t38-,42+,45-,46-,47+,48+/m0/s1. The van der Waals surface area contributed by atoms with Gasteiger partial charge in [-0.2, -0.15) is 0 Å². The molecular formula is C53H67N9O6. The van der Waals surface area contributed by atoms with Crippen molar-refractivity contribution in [1.82, 2.24) is 36.6 Å². The number of carbonyl (C=O) groups excluding carboxylic acids is 5. The van der Waals surface area contributed by atoms with Gasteiger partial charge >= 0.3 is 0 Å². The highest BCUT2D eigenvalue weighted by molar-refractivity contribution is 5.96. The molecule has 0 aliphatic carbocycles. The van der Waals surface area contributed by atoms with Crippen molar-refractivity contribution in [2.24, 2.45) is 23.3 Å². The van der Waals surface area contributed by atoms with Crippen LogP contribution in [0.5, 0.6) is 5.75 Å². The van der Waals surface area contributed by atoms with E-state index in [1.807, 2.05) is 125 Å². The van der Waals surface area contributed by atoms with Crippen molar-refractivity contribution < 1.29 is 28.7 Å². The third-order valence-corrected chi connectivity index (χ3v) is 12.1. The molecule has 0 saturated carbocycles. The van der Waals surface area contributed by atoms with Gasteiger partial charge in [0.25, 0.3) is 0 Å². The average molecular weight is 926 g/mol. The Morgan fingerprint density at radius 1 is 0.544 bits per heavy atom. The second kappa shape index (κ2) is 24.2. The molecule has 0 unspecified atom stereocenters. The number of aromatic amines is 2. The molecule has 6 aromatic rings. The Morgan fingerprint density at radius 3 is 1.53 bits per heavy atom. The molecule has 6 atom stereocenters. The Balaban J connectivity index is 1.28. The summed E-state index contributed by atoms with van der Waals surface area (Å²) in [6.07, 6.45) is 5.24. The number of benzene rings is 4. The maximum atomic E-state index is 14.8. The average Bonchev–Trinajstić information content (AvgIpc) is 3.93. The fraction of sp³-hybridized carbons (Fsp3) is 0.377. The molecule has 360 valence electrons. The van der Waals surface area contributed by atoms with Crippen LogP contribution in [0.15, 0.2) is 116 Å². The molecule has 0 radical (unpaired) electrons. The third-order valence-electron chi connectivity index (χ3n) is 12.1. The zero-order valence-electron chi connectivity index (χ0n) is 39.6. The summed E-state index contributed by atoms with van der Waals surface area (Å²) in [5.74, 6) is -1.60. The molecule has 0 aliphatic heterocycles. The van der Waals surface area contributed by atoms with Gasteiger partial charge in [-0.05, 0) is 77.6 Å². The Labute approximate surface area is 398 Å². The molecular weight excluding hydrogens is 859 g/mol. The molecule has 0 fully saturated rings. The second-order valence-electron chi connectivity index (χ2n) is 18.5. The van der Waals surface area contributed by atoms with Crippen LogP contribution in [0.4, 0.5) is 0 Å². The Morgan fingerprint density at radius 2 is 1.01 bits per heavy atom. The Hall–Kier alpha value is -6.97. The lowest BCUT2D eigenvalue weighted by atomic mass is 9.99. The number of hydrogen-bond donors (Lipinski definition) is 9. The number of ether oxygens (including phenoxy) is 1. The molecule has 15 heteroatoms. The van der Waals surface area contributed by atoms with Crippen LogP contribution in [-0.2, 0) is 49.7 Å². The van der Waals surface area contributed by atoms with Crippen molar-refractivity contribution in [1.29, 1.82) is 0 Å². The fourth-order valence-electron chi connectivity index (χ4n) is 8.57. The Bertz CT molecular complexity index is 2610. The van der Waals surface area contributed by atoms with Crippen molar-refractivity contribution in [3.05, 3.63) is 138 Å². The van der Waals surface area contributed by atoms with Gasteiger partial charge in [0.15, 0.2) is 0 Å². The number of para-hydroxylation sites is 2. The summed E-state index contributed by atoms with van der Waals surface area (Å²) in [5, 5.41) is 17.1. The van der Waals surface area contributed by atoms with E-state index in [0.29, 0.717) is 18.6 Å². The first-order chi connectivity index (χ1) is 32.7. The molecule has 68 heavy (non-hydrogen) atoms. The van der Waals surface area contributed by atoms with E-state index in [1.54, 1.807) is 25.4 Å². The number of methoxy groups -OCH3 is 1. The summed E-state index contributed by atoms with van der Waals surface area (Å²) in [6.45, 7) is 8.39. The van der Waals surface area contributed by atoms with Gasteiger partial charge in [0.1, 0.15) is 23.9 Å². The van der Waals surface area contributed by atoms with Crippen molar-refractivity contribution >= 4 is 51.3 Å². The highest BCUT2D eigenvalue weighted by atomic mass is 16.5. The van der Waals surface area contributed by atoms with Gasteiger partial charge in [0, 0.05) is 66.0 Å². The molecule has 0 saturated heterocycles. The molecule has 6 rings (SSSR count). The number of hydrogen-bond acceptors (Lipinski definition) is 8. The quantitative estimate of drug-likeness (QED) is 0.0388. The first kappa shape index (κ1) is 50.4. The van der Waals surface area contributed by atoms with Crippen molar-refractivity contribution in [2.75, 3.05) is 13.7 Å². The van der Waals surface area contributed by atoms with E-state index in [0.717, 1.165) is 44.1 Å². The van der Waals surface area contributed by atoms with Gasteiger partial charge in [-0.1, -0.05) is 107 Å². The van der Waals surface area contributed by atoms with E-state index in [1.165, 1.54) is 0 Å². The predicted molar refractivity (Wildman–Crippen MR) is 266 cm³/mol. The molecule has 4 aromatic carbocycles. The van der Waals surface area contributed by atoms with Gasteiger partial charge < -0.3 is 52.8 Å². The third kappa shape index (κ3) is 14.3.